The van der Waals surface area contributed by atoms with Gasteiger partial charge in [-0.15, -0.1) is 0 Å². The first-order chi connectivity index (χ1) is 20.2. The smallest absolute Gasteiger partial charge is 0.0972 e. The third-order valence-corrected chi connectivity index (χ3v) is 7.72. The molecule has 0 aliphatic carbocycles. The van der Waals surface area contributed by atoms with E-state index >= 15 is 0 Å². The Kier molecular flexibility index (Phi) is 5.32. The molecule has 4 aromatic carbocycles. The van der Waals surface area contributed by atoms with E-state index in [-0.39, 0.29) is 0 Å². The average Bonchev–Trinajstić information content (AvgIpc) is 3.04. The van der Waals surface area contributed by atoms with Crippen LogP contribution in [0.5, 0.6) is 0 Å². The van der Waals surface area contributed by atoms with E-state index in [0.29, 0.717) is 0 Å². The van der Waals surface area contributed by atoms with Gasteiger partial charge in [-0.2, -0.15) is 0 Å². The van der Waals surface area contributed by atoms with Crippen molar-refractivity contribution >= 4 is 43.6 Å². The van der Waals surface area contributed by atoms with Gasteiger partial charge in [-0.05, 0) is 31.2 Å². The summed E-state index contributed by atoms with van der Waals surface area (Å²) in [6.07, 6.45) is 0. The second-order valence-corrected chi connectivity index (χ2v) is 10.4. The summed E-state index contributed by atoms with van der Waals surface area (Å²) in [5, 5.41) is 4.35. The van der Waals surface area contributed by atoms with Crippen molar-refractivity contribution in [2.24, 2.45) is 0 Å². The van der Waals surface area contributed by atoms with Crippen LogP contribution >= 0.6 is 0 Å². The molecule has 8 rings (SSSR count). The summed E-state index contributed by atoms with van der Waals surface area (Å²) in [6.45, 7) is 2.02. The highest BCUT2D eigenvalue weighted by atomic mass is 14.8. The van der Waals surface area contributed by atoms with Gasteiger partial charge < -0.3 is 0 Å². The first-order valence-corrected chi connectivity index (χ1v) is 13.7. The minimum atomic E-state index is 0.910. The fourth-order valence-corrected chi connectivity index (χ4v) is 5.54. The van der Waals surface area contributed by atoms with E-state index in [9.17, 15) is 0 Å². The van der Waals surface area contributed by atoms with Crippen LogP contribution in [-0.2, 0) is 0 Å². The fourth-order valence-electron chi connectivity index (χ4n) is 5.54. The van der Waals surface area contributed by atoms with Crippen molar-refractivity contribution < 1.29 is 0 Å². The Labute approximate surface area is 237 Å². The Morgan fingerprint density at radius 2 is 0.659 bits per heavy atom. The van der Waals surface area contributed by atoms with Crippen LogP contribution < -0.4 is 0 Å². The predicted molar refractivity (Wildman–Crippen MR) is 169 cm³/mol. The van der Waals surface area contributed by atoms with Crippen LogP contribution in [0.3, 0.4) is 0 Å². The highest BCUT2D eigenvalue weighted by Crippen LogP contribution is 2.31. The zero-order chi connectivity index (χ0) is 27.3. The van der Waals surface area contributed by atoms with Crippen molar-refractivity contribution in [2.45, 2.75) is 6.92 Å². The van der Waals surface area contributed by atoms with E-state index in [0.717, 1.165) is 83.1 Å². The molecule has 8 aromatic rings. The molecule has 0 aliphatic heterocycles. The summed E-state index contributed by atoms with van der Waals surface area (Å²) in [5.74, 6) is 0. The Balaban J connectivity index is 1.20. The van der Waals surface area contributed by atoms with Gasteiger partial charge in [0.2, 0.25) is 0 Å². The first kappa shape index (κ1) is 23.4. The second-order valence-electron chi connectivity index (χ2n) is 10.4. The Morgan fingerprint density at radius 1 is 0.317 bits per heavy atom. The molecule has 0 unspecified atom stereocenters. The molecule has 0 spiro atoms. The van der Waals surface area contributed by atoms with Gasteiger partial charge in [0, 0.05) is 43.9 Å². The van der Waals surface area contributed by atoms with E-state index in [1.165, 1.54) is 0 Å². The van der Waals surface area contributed by atoms with Crippen LogP contribution in [0.4, 0.5) is 0 Å². The first-order valence-electron chi connectivity index (χ1n) is 13.7. The minimum Gasteiger partial charge on any atom is -0.251 e. The molecule has 0 aliphatic rings. The highest BCUT2D eigenvalue weighted by Gasteiger charge is 2.10. The standard InChI is InChI=1S/C37H24N4/c1-23-7-8-27-13-14-28-18-21-32(40-35(28)34(27)38-23)25-9-11-26(12-10-25)33-22-19-30-16-15-29-17-20-31(24-5-3-2-4-6-24)39-36(29)37(30)41-33/h2-22H,1H3. The summed E-state index contributed by atoms with van der Waals surface area (Å²) in [7, 11) is 0. The molecule has 0 bridgehead atoms. The van der Waals surface area contributed by atoms with E-state index in [1.807, 2.05) is 31.2 Å². The monoisotopic (exact) mass is 524 g/mol. The van der Waals surface area contributed by atoms with E-state index in [4.69, 9.17) is 19.9 Å². The van der Waals surface area contributed by atoms with Crippen molar-refractivity contribution in [3.63, 3.8) is 0 Å². The molecule has 4 heteroatoms. The van der Waals surface area contributed by atoms with Gasteiger partial charge >= 0.3 is 0 Å². The number of rotatable bonds is 3. The SMILES string of the molecule is Cc1ccc2ccc3ccc(-c4ccc(-c5ccc6ccc7ccc(-c8ccccc8)nc7c6n5)cc4)nc3c2n1. The molecule has 0 saturated carbocycles. The second kappa shape index (κ2) is 9.32. The molecule has 0 atom stereocenters. The molecule has 4 aromatic heterocycles. The van der Waals surface area contributed by atoms with Gasteiger partial charge in [0.1, 0.15) is 0 Å². The number of benzene rings is 4. The maximum absolute atomic E-state index is 5.11. The van der Waals surface area contributed by atoms with Crippen molar-refractivity contribution in [3.8, 4) is 33.8 Å². The summed E-state index contributed by atoms with van der Waals surface area (Å²) in [6, 6.07) is 44.0. The van der Waals surface area contributed by atoms with Gasteiger partial charge in [0.05, 0.1) is 39.1 Å². The lowest BCUT2D eigenvalue weighted by Crippen LogP contribution is -1.92. The maximum Gasteiger partial charge on any atom is 0.0972 e. The number of nitrogens with zero attached hydrogens (tertiary/aromatic N) is 4. The summed E-state index contributed by atoms with van der Waals surface area (Å²) < 4.78 is 0. The number of pyridine rings is 4. The normalized spacial score (nSPS) is 11.5. The summed E-state index contributed by atoms with van der Waals surface area (Å²) in [4.78, 5) is 20.0. The predicted octanol–water partition coefficient (Wildman–Crippen LogP) is 9.19. The van der Waals surface area contributed by atoms with Crippen molar-refractivity contribution in [1.82, 2.24) is 19.9 Å². The Morgan fingerprint density at radius 3 is 1.10 bits per heavy atom. The third kappa shape index (κ3) is 4.09. The van der Waals surface area contributed by atoms with E-state index in [1.54, 1.807) is 0 Å². The summed E-state index contributed by atoms with van der Waals surface area (Å²) >= 11 is 0. The van der Waals surface area contributed by atoms with Crippen molar-refractivity contribution in [3.05, 3.63) is 133 Å². The molecule has 0 fully saturated rings. The molecule has 0 saturated heterocycles. The van der Waals surface area contributed by atoms with Crippen LogP contribution in [0, 0.1) is 6.92 Å². The molecule has 0 N–H and O–H groups in total. The summed E-state index contributed by atoms with van der Waals surface area (Å²) in [5.41, 5.74) is 10.7. The van der Waals surface area contributed by atoms with Crippen LogP contribution in [0.25, 0.3) is 77.4 Å². The molecule has 0 amide bonds. The Hall–Kier alpha value is -5.48. The molecule has 192 valence electrons. The number of hydrogen-bond acceptors (Lipinski definition) is 4. The quantitative estimate of drug-likeness (QED) is 0.216. The van der Waals surface area contributed by atoms with Gasteiger partial charge in [-0.25, -0.2) is 15.0 Å². The molecule has 4 heterocycles. The maximum atomic E-state index is 5.11. The Bertz CT molecular complexity index is 2260. The van der Waals surface area contributed by atoms with Gasteiger partial charge in [-0.1, -0.05) is 103 Å². The minimum absolute atomic E-state index is 0.910. The van der Waals surface area contributed by atoms with Crippen LogP contribution in [0.2, 0.25) is 0 Å². The zero-order valence-corrected chi connectivity index (χ0v) is 22.4. The van der Waals surface area contributed by atoms with E-state index in [2.05, 4.69) is 103 Å². The zero-order valence-electron chi connectivity index (χ0n) is 22.4. The topological polar surface area (TPSA) is 51.6 Å². The largest absolute Gasteiger partial charge is 0.251 e. The lowest BCUT2D eigenvalue weighted by molar-refractivity contribution is 1.25. The van der Waals surface area contributed by atoms with E-state index < -0.39 is 0 Å². The molecular weight excluding hydrogens is 500 g/mol. The van der Waals surface area contributed by atoms with Gasteiger partial charge in [0.25, 0.3) is 0 Å². The fraction of sp³-hybridized carbons (Fsp3) is 0.0270. The number of aryl methyl sites for hydroxylation is 1. The molecule has 0 radical (unpaired) electrons. The lowest BCUT2D eigenvalue weighted by atomic mass is 10.0. The molecule has 41 heavy (non-hydrogen) atoms. The highest BCUT2D eigenvalue weighted by molar-refractivity contribution is 6.05. The molecular formula is C37H24N4. The number of hydrogen-bond donors (Lipinski definition) is 0. The number of fused-ring (bicyclic) bond motifs is 6. The van der Waals surface area contributed by atoms with Crippen LogP contribution in [-0.4, -0.2) is 19.9 Å². The van der Waals surface area contributed by atoms with Crippen LogP contribution in [0.15, 0.2) is 127 Å². The van der Waals surface area contributed by atoms with Crippen molar-refractivity contribution in [1.29, 1.82) is 0 Å². The van der Waals surface area contributed by atoms with Gasteiger partial charge in [-0.3, -0.25) is 4.98 Å². The lowest BCUT2D eigenvalue weighted by Gasteiger charge is -2.09. The van der Waals surface area contributed by atoms with Gasteiger partial charge in [0.15, 0.2) is 0 Å². The van der Waals surface area contributed by atoms with Crippen molar-refractivity contribution in [2.75, 3.05) is 0 Å². The third-order valence-electron chi connectivity index (χ3n) is 7.72. The number of aromatic nitrogens is 4. The average molecular weight is 525 g/mol. The molecule has 4 nitrogen and oxygen atoms in total. The van der Waals surface area contributed by atoms with Crippen LogP contribution in [0.1, 0.15) is 5.69 Å².